The normalized spacial score (nSPS) is 13.6. The predicted octanol–water partition coefficient (Wildman–Crippen LogP) is 1.86. The third-order valence-corrected chi connectivity index (χ3v) is 1.36. The maximum absolute atomic E-state index is 10.0. The Kier molecular flexibility index (Phi) is 4.04. The van der Waals surface area contributed by atoms with Crippen LogP contribution in [0.3, 0.4) is 0 Å². The van der Waals surface area contributed by atoms with Gasteiger partial charge in [0.25, 0.3) is 0 Å². The Morgan fingerprint density at radius 3 is 1.80 bits per heavy atom. The van der Waals surface area contributed by atoms with Crippen LogP contribution in [0.5, 0.6) is 0 Å². The second kappa shape index (κ2) is 3.65. The molecule has 0 aliphatic heterocycles. The Morgan fingerprint density at radius 2 is 1.70 bits per heavy atom. The van der Waals surface area contributed by atoms with E-state index in [1.807, 2.05) is 0 Å². The van der Waals surface area contributed by atoms with Crippen LogP contribution in [0.1, 0.15) is 0 Å². The minimum atomic E-state index is -4.04. The van der Waals surface area contributed by atoms with Crippen LogP contribution >= 0.6 is 45.5 Å². The molecule has 0 aromatic heterocycles. The molecule has 0 heterocycles. The molecule has 0 amide bonds. The molecule has 0 atom stereocenters. The Bertz CT molecular complexity index is 191. The molecule has 0 N–H and O–H groups in total. The SMILES string of the molecule is O=S(=O)(Cl)OCC(Cl)(Cl)Cl. The molecule has 0 unspecified atom stereocenters. The molecule has 0 aromatic carbocycles. The van der Waals surface area contributed by atoms with Gasteiger partial charge in [0.2, 0.25) is 3.79 Å². The third kappa shape index (κ3) is 9.07. The van der Waals surface area contributed by atoms with Crippen LogP contribution < -0.4 is 0 Å². The van der Waals surface area contributed by atoms with E-state index in [2.05, 4.69) is 14.9 Å². The molecule has 0 spiro atoms. The van der Waals surface area contributed by atoms with Crippen molar-refractivity contribution >= 4 is 54.8 Å². The van der Waals surface area contributed by atoms with E-state index in [1.54, 1.807) is 0 Å². The van der Waals surface area contributed by atoms with Crippen molar-refractivity contribution in [3.63, 3.8) is 0 Å². The molecule has 3 nitrogen and oxygen atoms in total. The lowest BCUT2D eigenvalue weighted by molar-refractivity contribution is 0.336. The molecule has 10 heavy (non-hydrogen) atoms. The van der Waals surface area contributed by atoms with E-state index < -0.39 is 19.7 Å². The number of hydrogen-bond acceptors (Lipinski definition) is 3. The first-order chi connectivity index (χ1) is 4.21. The fourth-order valence-corrected chi connectivity index (χ4v) is 0.946. The van der Waals surface area contributed by atoms with E-state index in [-0.39, 0.29) is 0 Å². The first-order valence-electron chi connectivity index (χ1n) is 1.86. The summed E-state index contributed by atoms with van der Waals surface area (Å²) in [5.74, 6) is 0. The highest BCUT2D eigenvalue weighted by Gasteiger charge is 2.23. The van der Waals surface area contributed by atoms with Gasteiger partial charge in [-0.3, -0.25) is 4.18 Å². The first-order valence-corrected chi connectivity index (χ1v) is 5.23. The third-order valence-electron chi connectivity index (χ3n) is 0.363. The quantitative estimate of drug-likeness (QED) is 0.553. The Hall–Kier alpha value is 1.07. The zero-order chi connectivity index (χ0) is 8.41. The molecular weight excluding hydrogens is 246 g/mol. The van der Waals surface area contributed by atoms with E-state index >= 15 is 0 Å². The topological polar surface area (TPSA) is 43.4 Å². The minimum absolute atomic E-state index is 0.594. The van der Waals surface area contributed by atoms with Gasteiger partial charge in [0.05, 0.1) is 0 Å². The summed E-state index contributed by atoms with van der Waals surface area (Å²) in [6.45, 7) is -0.594. The van der Waals surface area contributed by atoms with Gasteiger partial charge in [-0.15, -0.1) is 0 Å². The van der Waals surface area contributed by atoms with Crippen LogP contribution in [0.25, 0.3) is 0 Å². The van der Waals surface area contributed by atoms with Gasteiger partial charge >= 0.3 is 9.33 Å². The average molecular weight is 248 g/mol. The number of hydrogen-bond donors (Lipinski definition) is 0. The lowest BCUT2D eigenvalue weighted by Gasteiger charge is -2.07. The van der Waals surface area contributed by atoms with E-state index in [4.69, 9.17) is 34.8 Å². The predicted molar refractivity (Wildman–Crippen MR) is 41.0 cm³/mol. The molecule has 0 fully saturated rings. The Morgan fingerprint density at radius 1 is 1.30 bits per heavy atom. The summed E-state index contributed by atoms with van der Waals surface area (Å²) in [5.41, 5.74) is 0. The molecule has 0 aliphatic carbocycles. The van der Waals surface area contributed by atoms with Crippen LogP contribution in [0.15, 0.2) is 0 Å². The van der Waals surface area contributed by atoms with Crippen molar-refractivity contribution in [2.75, 3.05) is 6.61 Å². The molecule has 62 valence electrons. The van der Waals surface area contributed by atoms with E-state index in [0.717, 1.165) is 0 Å². The summed E-state index contributed by atoms with van der Waals surface area (Å²) in [4.78, 5) is 0. The molecule has 0 saturated carbocycles. The molecule has 0 aromatic rings. The van der Waals surface area contributed by atoms with Gasteiger partial charge in [0.1, 0.15) is 6.61 Å². The second-order valence-electron chi connectivity index (χ2n) is 1.27. The number of halogens is 4. The van der Waals surface area contributed by atoms with Crippen LogP contribution in [0.2, 0.25) is 0 Å². The number of alkyl halides is 3. The highest BCUT2D eigenvalue weighted by atomic mass is 35.7. The minimum Gasteiger partial charge on any atom is -0.253 e. The standard InChI is InChI=1S/C2H2Cl4O3S/c3-2(4,5)1-9-10(6,7)8/h1H2. The maximum atomic E-state index is 10.0. The van der Waals surface area contributed by atoms with Crippen molar-refractivity contribution < 1.29 is 12.6 Å². The van der Waals surface area contributed by atoms with Crippen molar-refractivity contribution in [2.24, 2.45) is 0 Å². The summed E-state index contributed by atoms with van der Waals surface area (Å²) in [6, 6.07) is 0. The second-order valence-corrected chi connectivity index (χ2v) is 5.94. The van der Waals surface area contributed by atoms with Crippen molar-refractivity contribution in [1.29, 1.82) is 0 Å². The van der Waals surface area contributed by atoms with Crippen molar-refractivity contribution in [1.82, 2.24) is 0 Å². The summed E-state index contributed by atoms with van der Waals surface area (Å²) >= 11 is 15.4. The van der Waals surface area contributed by atoms with Gasteiger partial charge < -0.3 is 0 Å². The van der Waals surface area contributed by atoms with Gasteiger partial charge in [-0.05, 0) is 0 Å². The highest BCUT2D eigenvalue weighted by molar-refractivity contribution is 8.09. The zero-order valence-corrected chi connectivity index (χ0v) is 8.19. The van der Waals surface area contributed by atoms with E-state index in [0.29, 0.717) is 0 Å². The van der Waals surface area contributed by atoms with E-state index in [9.17, 15) is 8.42 Å². The molecule has 8 heteroatoms. The molecule has 0 rings (SSSR count). The monoisotopic (exact) mass is 246 g/mol. The fourth-order valence-electron chi connectivity index (χ4n) is 0.137. The van der Waals surface area contributed by atoms with Crippen LogP contribution in [0.4, 0.5) is 0 Å². The molecule has 0 bridgehead atoms. The number of rotatable bonds is 2. The summed E-state index contributed by atoms with van der Waals surface area (Å²) < 4.78 is 22.3. The lowest BCUT2D eigenvalue weighted by atomic mass is 10.9. The Balaban J connectivity index is 3.79. The smallest absolute Gasteiger partial charge is 0.253 e. The van der Waals surface area contributed by atoms with Gasteiger partial charge in [0, 0.05) is 10.7 Å². The largest absolute Gasteiger partial charge is 0.355 e. The molecule has 0 radical (unpaired) electrons. The highest BCUT2D eigenvalue weighted by Crippen LogP contribution is 2.26. The zero-order valence-electron chi connectivity index (χ0n) is 4.35. The van der Waals surface area contributed by atoms with Gasteiger partial charge in [0.15, 0.2) is 0 Å². The van der Waals surface area contributed by atoms with Gasteiger partial charge in [-0.2, -0.15) is 8.42 Å². The summed E-state index contributed by atoms with van der Waals surface area (Å²) in [5, 5.41) is 0. The van der Waals surface area contributed by atoms with Crippen molar-refractivity contribution in [2.45, 2.75) is 3.79 Å². The fraction of sp³-hybridized carbons (Fsp3) is 1.00. The van der Waals surface area contributed by atoms with Crippen LogP contribution in [-0.4, -0.2) is 18.8 Å². The van der Waals surface area contributed by atoms with Crippen molar-refractivity contribution in [3.8, 4) is 0 Å². The molecule has 0 saturated heterocycles. The maximum Gasteiger partial charge on any atom is 0.355 e. The Labute approximate surface area is 77.8 Å². The summed E-state index contributed by atoms with van der Waals surface area (Å²) in [6.07, 6.45) is 0. The molecule has 0 aliphatic rings. The average Bonchev–Trinajstić information content (AvgIpc) is 1.57. The van der Waals surface area contributed by atoms with Gasteiger partial charge in [-0.1, -0.05) is 34.8 Å². The lowest BCUT2D eigenvalue weighted by Crippen LogP contribution is -2.14. The van der Waals surface area contributed by atoms with Gasteiger partial charge in [-0.25, -0.2) is 0 Å². The van der Waals surface area contributed by atoms with E-state index in [1.165, 1.54) is 0 Å². The van der Waals surface area contributed by atoms with Crippen molar-refractivity contribution in [3.05, 3.63) is 0 Å². The van der Waals surface area contributed by atoms with Crippen LogP contribution in [0, 0.1) is 0 Å². The van der Waals surface area contributed by atoms with Crippen LogP contribution in [-0.2, 0) is 13.5 Å². The summed E-state index contributed by atoms with van der Waals surface area (Å²) in [7, 11) is 0.575. The first kappa shape index (κ1) is 11.1. The molecular formula is C2H2Cl4O3S.